The summed E-state index contributed by atoms with van der Waals surface area (Å²) in [5, 5.41) is 0. The Bertz CT molecular complexity index is 311. The molecule has 0 N–H and O–H groups in total. The molecule has 16 heavy (non-hydrogen) atoms. The van der Waals surface area contributed by atoms with Crippen LogP contribution in [0.1, 0.15) is 34.1 Å². The molecule has 0 amide bonds. The minimum atomic E-state index is 0.663. The average molecular weight is 216 g/mol. The molecule has 0 heteroatoms. The summed E-state index contributed by atoms with van der Waals surface area (Å²) in [6, 6.07) is 0. The molecular weight excluding hydrogens is 192 g/mol. The van der Waals surface area contributed by atoms with Crippen molar-refractivity contribution in [3.63, 3.8) is 0 Å². The molecule has 0 heterocycles. The van der Waals surface area contributed by atoms with Gasteiger partial charge in [-0.3, -0.25) is 0 Å². The van der Waals surface area contributed by atoms with Crippen LogP contribution in [0.5, 0.6) is 0 Å². The van der Waals surface area contributed by atoms with Crippen LogP contribution in [-0.4, -0.2) is 0 Å². The van der Waals surface area contributed by atoms with Crippen LogP contribution < -0.4 is 0 Å². The van der Waals surface area contributed by atoms with Crippen molar-refractivity contribution < 1.29 is 0 Å². The Hall–Kier alpha value is -1.30. The van der Waals surface area contributed by atoms with Crippen LogP contribution in [0.2, 0.25) is 0 Å². The Morgan fingerprint density at radius 2 is 1.75 bits per heavy atom. The first-order valence-corrected chi connectivity index (χ1v) is 5.91. The van der Waals surface area contributed by atoms with Gasteiger partial charge in [-0.25, -0.2) is 0 Å². The summed E-state index contributed by atoms with van der Waals surface area (Å²) >= 11 is 0. The lowest BCUT2D eigenvalue weighted by molar-refractivity contribution is 0.698. The fourth-order valence-corrected chi connectivity index (χ4v) is 1.02. The monoisotopic (exact) mass is 216 g/mol. The van der Waals surface area contributed by atoms with Gasteiger partial charge in [-0.15, -0.1) is 0 Å². The van der Waals surface area contributed by atoms with E-state index in [2.05, 4.69) is 51.7 Å². The largest absolute Gasteiger partial charge is 0.0961 e. The van der Waals surface area contributed by atoms with Gasteiger partial charge in [-0.05, 0) is 19.8 Å². The standard InChI is InChI=1S/C16H24/c1-6-15(4)12-9-13-16(5)11-8-7-10-14(2)3/h7-13,15H,2,6H2,1,3-5H3. The van der Waals surface area contributed by atoms with Crippen molar-refractivity contribution in [3.8, 4) is 0 Å². The van der Waals surface area contributed by atoms with Crippen molar-refractivity contribution >= 4 is 0 Å². The zero-order valence-corrected chi connectivity index (χ0v) is 11.0. The van der Waals surface area contributed by atoms with Gasteiger partial charge >= 0.3 is 0 Å². The number of rotatable bonds is 6. The Balaban J connectivity index is 4.14. The highest BCUT2D eigenvalue weighted by molar-refractivity contribution is 5.26. The fourth-order valence-electron chi connectivity index (χ4n) is 1.02. The molecule has 0 aliphatic carbocycles. The number of hydrogen-bond acceptors (Lipinski definition) is 0. The maximum atomic E-state index is 3.80. The summed E-state index contributed by atoms with van der Waals surface area (Å²) in [7, 11) is 0. The Morgan fingerprint density at radius 1 is 1.12 bits per heavy atom. The van der Waals surface area contributed by atoms with Crippen molar-refractivity contribution in [1.82, 2.24) is 0 Å². The smallest absolute Gasteiger partial charge is 0.0261 e. The van der Waals surface area contributed by atoms with Gasteiger partial charge in [0.25, 0.3) is 0 Å². The van der Waals surface area contributed by atoms with E-state index in [0.29, 0.717) is 5.92 Å². The zero-order valence-electron chi connectivity index (χ0n) is 11.0. The average Bonchev–Trinajstić information content (AvgIpc) is 2.24. The van der Waals surface area contributed by atoms with Gasteiger partial charge in [0.1, 0.15) is 0 Å². The summed E-state index contributed by atoms with van der Waals surface area (Å²) < 4.78 is 0. The summed E-state index contributed by atoms with van der Waals surface area (Å²) in [6.45, 7) is 12.3. The Morgan fingerprint density at radius 3 is 2.31 bits per heavy atom. The molecule has 1 atom stereocenters. The summed E-state index contributed by atoms with van der Waals surface area (Å²) in [5.41, 5.74) is 2.33. The molecule has 0 aromatic heterocycles. The minimum Gasteiger partial charge on any atom is -0.0961 e. The predicted molar refractivity (Wildman–Crippen MR) is 75.4 cm³/mol. The van der Waals surface area contributed by atoms with Gasteiger partial charge in [0.05, 0.1) is 0 Å². The van der Waals surface area contributed by atoms with Gasteiger partial charge in [-0.2, -0.15) is 0 Å². The van der Waals surface area contributed by atoms with E-state index >= 15 is 0 Å². The van der Waals surface area contributed by atoms with Gasteiger partial charge < -0.3 is 0 Å². The lowest BCUT2D eigenvalue weighted by Crippen LogP contribution is -1.82. The lowest BCUT2D eigenvalue weighted by atomic mass is 10.1. The van der Waals surface area contributed by atoms with Crippen LogP contribution in [0.3, 0.4) is 0 Å². The van der Waals surface area contributed by atoms with E-state index in [0.717, 1.165) is 5.57 Å². The Kier molecular flexibility index (Phi) is 8.24. The first kappa shape index (κ1) is 14.7. The van der Waals surface area contributed by atoms with Gasteiger partial charge in [-0.1, -0.05) is 80.5 Å². The van der Waals surface area contributed by atoms with Crippen molar-refractivity contribution in [2.75, 3.05) is 0 Å². The third kappa shape index (κ3) is 9.26. The first-order valence-electron chi connectivity index (χ1n) is 5.91. The van der Waals surface area contributed by atoms with Crippen LogP contribution in [0, 0.1) is 5.92 Å². The highest BCUT2D eigenvalue weighted by Crippen LogP contribution is 2.03. The Labute approximate surface area is 101 Å². The van der Waals surface area contributed by atoms with Crippen LogP contribution in [-0.2, 0) is 0 Å². The number of hydrogen-bond donors (Lipinski definition) is 0. The molecule has 0 fully saturated rings. The number of allylic oxidation sites excluding steroid dienone is 9. The highest BCUT2D eigenvalue weighted by Gasteiger charge is 1.87. The highest BCUT2D eigenvalue weighted by atomic mass is 13.9. The van der Waals surface area contributed by atoms with Gasteiger partial charge in [0.15, 0.2) is 0 Å². The van der Waals surface area contributed by atoms with Gasteiger partial charge in [0.2, 0.25) is 0 Å². The van der Waals surface area contributed by atoms with E-state index in [1.54, 1.807) is 0 Å². The lowest BCUT2D eigenvalue weighted by Gasteiger charge is -1.97. The quantitative estimate of drug-likeness (QED) is 0.534. The summed E-state index contributed by atoms with van der Waals surface area (Å²) in [5.74, 6) is 0.663. The molecular formula is C16H24. The van der Waals surface area contributed by atoms with Crippen molar-refractivity contribution in [1.29, 1.82) is 0 Å². The molecule has 0 spiro atoms. The zero-order chi connectivity index (χ0) is 12.4. The second kappa shape index (κ2) is 8.96. The molecule has 0 radical (unpaired) electrons. The summed E-state index contributed by atoms with van der Waals surface area (Å²) in [6.07, 6.45) is 15.9. The third-order valence-corrected chi connectivity index (χ3v) is 2.29. The minimum absolute atomic E-state index is 0.663. The van der Waals surface area contributed by atoms with Crippen LogP contribution in [0.4, 0.5) is 0 Å². The molecule has 0 aromatic carbocycles. The second-order valence-corrected chi connectivity index (χ2v) is 4.25. The third-order valence-electron chi connectivity index (χ3n) is 2.29. The summed E-state index contributed by atoms with van der Waals surface area (Å²) in [4.78, 5) is 0. The van der Waals surface area contributed by atoms with Crippen LogP contribution in [0.25, 0.3) is 0 Å². The van der Waals surface area contributed by atoms with E-state index in [9.17, 15) is 0 Å². The van der Waals surface area contributed by atoms with E-state index < -0.39 is 0 Å². The first-order chi connectivity index (χ1) is 7.56. The van der Waals surface area contributed by atoms with Crippen molar-refractivity contribution in [2.24, 2.45) is 5.92 Å². The SMILES string of the molecule is C=C(C)C=CC=CC(C)=CC=CC(C)CC. The molecule has 0 rings (SSSR count). The molecule has 0 saturated carbocycles. The molecule has 88 valence electrons. The molecule has 0 nitrogen and oxygen atoms in total. The topological polar surface area (TPSA) is 0 Å². The molecule has 0 aliphatic heterocycles. The second-order valence-electron chi connectivity index (χ2n) is 4.25. The van der Waals surface area contributed by atoms with Crippen molar-refractivity contribution in [3.05, 3.63) is 60.3 Å². The van der Waals surface area contributed by atoms with E-state index in [1.807, 2.05) is 25.2 Å². The molecule has 0 aliphatic rings. The molecule has 0 saturated heterocycles. The maximum Gasteiger partial charge on any atom is -0.0261 e. The molecule has 0 aromatic rings. The normalized spacial score (nSPS) is 15.4. The molecule has 1 unspecified atom stereocenters. The van der Waals surface area contributed by atoms with E-state index in [1.165, 1.54) is 12.0 Å². The fraction of sp³-hybridized carbons (Fsp3) is 0.375. The van der Waals surface area contributed by atoms with Crippen LogP contribution >= 0.6 is 0 Å². The maximum absolute atomic E-state index is 3.80. The molecule has 0 bridgehead atoms. The predicted octanol–water partition coefficient (Wildman–Crippen LogP) is 5.22. The van der Waals surface area contributed by atoms with Crippen LogP contribution in [0.15, 0.2) is 60.3 Å². The van der Waals surface area contributed by atoms with E-state index in [-0.39, 0.29) is 0 Å². The van der Waals surface area contributed by atoms with E-state index in [4.69, 9.17) is 0 Å². The van der Waals surface area contributed by atoms with Crippen molar-refractivity contribution in [2.45, 2.75) is 34.1 Å². The van der Waals surface area contributed by atoms with Gasteiger partial charge in [0, 0.05) is 0 Å².